The summed E-state index contributed by atoms with van der Waals surface area (Å²) in [7, 11) is 0. The van der Waals surface area contributed by atoms with Crippen LogP contribution in [0.15, 0.2) is 36.7 Å². The predicted octanol–water partition coefficient (Wildman–Crippen LogP) is 2.09. The van der Waals surface area contributed by atoms with E-state index in [-0.39, 0.29) is 19.1 Å². The van der Waals surface area contributed by atoms with Crippen molar-refractivity contribution in [3.8, 4) is 0 Å². The number of hydrogen-bond donors (Lipinski definition) is 2. The average Bonchev–Trinajstić information content (AvgIpc) is 2.39. The topological polar surface area (TPSA) is 50.9 Å². The van der Waals surface area contributed by atoms with Crippen molar-refractivity contribution in [1.82, 2.24) is 10.3 Å². The van der Waals surface area contributed by atoms with E-state index in [0.29, 0.717) is 0 Å². The summed E-state index contributed by atoms with van der Waals surface area (Å²) in [6.45, 7) is -0.118. The summed E-state index contributed by atoms with van der Waals surface area (Å²) in [6.07, 6.45) is 1.04. The molecule has 3 N–H and O–H groups in total. The standard InChI is InChI=1S/C13H15F2N3/c14-13(15)8-18-12(5-16)11-7-17-6-9-3-1-2-4-10(9)11/h1-4,6-7,12-13,18H,5,8,16H2. The van der Waals surface area contributed by atoms with Gasteiger partial charge in [-0.25, -0.2) is 8.78 Å². The van der Waals surface area contributed by atoms with E-state index in [1.54, 1.807) is 12.4 Å². The molecule has 0 aliphatic rings. The predicted molar refractivity (Wildman–Crippen MR) is 67.5 cm³/mol. The van der Waals surface area contributed by atoms with Gasteiger partial charge in [-0.1, -0.05) is 24.3 Å². The van der Waals surface area contributed by atoms with Crippen molar-refractivity contribution < 1.29 is 8.78 Å². The number of aromatic nitrogens is 1. The number of pyridine rings is 1. The van der Waals surface area contributed by atoms with Gasteiger partial charge in [-0.05, 0) is 10.9 Å². The fourth-order valence-electron chi connectivity index (χ4n) is 1.97. The SMILES string of the molecule is NCC(NCC(F)F)c1cncc2ccccc12. The Morgan fingerprint density at radius 2 is 2.00 bits per heavy atom. The lowest BCUT2D eigenvalue weighted by Gasteiger charge is -2.18. The molecule has 0 aliphatic carbocycles. The molecule has 0 radical (unpaired) electrons. The molecule has 1 unspecified atom stereocenters. The minimum atomic E-state index is -2.39. The van der Waals surface area contributed by atoms with Crippen LogP contribution in [-0.4, -0.2) is 24.5 Å². The number of nitrogens with one attached hydrogen (secondary N) is 1. The fourth-order valence-corrected chi connectivity index (χ4v) is 1.97. The van der Waals surface area contributed by atoms with Gasteiger partial charge in [0.15, 0.2) is 0 Å². The molecule has 5 heteroatoms. The summed E-state index contributed by atoms with van der Waals surface area (Å²) in [5.41, 5.74) is 6.50. The van der Waals surface area contributed by atoms with Gasteiger partial charge in [0.1, 0.15) is 0 Å². The molecule has 18 heavy (non-hydrogen) atoms. The van der Waals surface area contributed by atoms with Gasteiger partial charge in [0.2, 0.25) is 0 Å². The highest BCUT2D eigenvalue weighted by Crippen LogP contribution is 2.22. The molecular weight excluding hydrogens is 236 g/mol. The maximum Gasteiger partial charge on any atom is 0.250 e. The van der Waals surface area contributed by atoms with Gasteiger partial charge in [0.25, 0.3) is 6.43 Å². The second-order valence-corrected chi connectivity index (χ2v) is 4.04. The molecule has 96 valence electrons. The monoisotopic (exact) mass is 251 g/mol. The van der Waals surface area contributed by atoms with Crippen LogP contribution in [0.25, 0.3) is 10.8 Å². The molecule has 3 nitrogen and oxygen atoms in total. The summed E-state index contributed by atoms with van der Waals surface area (Å²) in [5.74, 6) is 0. The van der Waals surface area contributed by atoms with E-state index in [4.69, 9.17) is 5.73 Å². The van der Waals surface area contributed by atoms with Crippen molar-refractivity contribution in [1.29, 1.82) is 0 Å². The molecule has 0 spiro atoms. The molecule has 0 amide bonds. The Labute approximate surface area is 104 Å². The quantitative estimate of drug-likeness (QED) is 0.855. The van der Waals surface area contributed by atoms with Crippen molar-refractivity contribution >= 4 is 10.8 Å². The third kappa shape index (κ3) is 2.80. The van der Waals surface area contributed by atoms with Gasteiger partial charge in [0, 0.05) is 30.4 Å². The van der Waals surface area contributed by atoms with E-state index in [2.05, 4.69) is 10.3 Å². The van der Waals surface area contributed by atoms with Gasteiger partial charge >= 0.3 is 0 Å². The third-order valence-corrected chi connectivity index (χ3v) is 2.83. The van der Waals surface area contributed by atoms with E-state index >= 15 is 0 Å². The zero-order valence-corrected chi connectivity index (χ0v) is 9.81. The molecule has 1 aromatic carbocycles. The van der Waals surface area contributed by atoms with E-state index in [1.807, 2.05) is 24.3 Å². The normalized spacial score (nSPS) is 13.1. The molecule has 0 fully saturated rings. The number of rotatable bonds is 5. The lowest BCUT2D eigenvalue weighted by Crippen LogP contribution is -2.32. The molecule has 2 rings (SSSR count). The molecule has 2 aromatic rings. The lowest BCUT2D eigenvalue weighted by atomic mass is 10.0. The molecular formula is C13H15F2N3. The van der Waals surface area contributed by atoms with Crippen LogP contribution in [0, 0.1) is 0 Å². The average molecular weight is 251 g/mol. The maximum absolute atomic E-state index is 12.2. The smallest absolute Gasteiger partial charge is 0.250 e. The Morgan fingerprint density at radius 1 is 1.22 bits per heavy atom. The number of alkyl halides is 2. The number of nitrogens with zero attached hydrogens (tertiary/aromatic N) is 1. The Kier molecular flexibility index (Phi) is 4.17. The molecule has 0 saturated heterocycles. The molecule has 1 aromatic heterocycles. The van der Waals surface area contributed by atoms with Crippen LogP contribution in [0.3, 0.4) is 0 Å². The maximum atomic E-state index is 12.2. The molecule has 1 atom stereocenters. The van der Waals surface area contributed by atoms with Crippen LogP contribution in [0.4, 0.5) is 8.78 Å². The summed E-state index contributed by atoms with van der Waals surface area (Å²) in [5, 5.41) is 4.73. The van der Waals surface area contributed by atoms with Crippen LogP contribution in [-0.2, 0) is 0 Å². The molecule has 0 saturated carbocycles. The fraction of sp³-hybridized carbons (Fsp3) is 0.308. The van der Waals surface area contributed by atoms with Crippen LogP contribution in [0.1, 0.15) is 11.6 Å². The summed E-state index contributed by atoms with van der Waals surface area (Å²) in [4.78, 5) is 4.13. The first-order chi connectivity index (χ1) is 8.72. The van der Waals surface area contributed by atoms with E-state index < -0.39 is 6.43 Å². The van der Waals surface area contributed by atoms with Crippen molar-refractivity contribution in [3.05, 3.63) is 42.2 Å². The minimum absolute atomic E-state index is 0.252. The van der Waals surface area contributed by atoms with E-state index in [9.17, 15) is 8.78 Å². The summed E-state index contributed by atoms with van der Waals surface area (Å²) >= 11 is 0. The van der Waals surface area contributed by atoms with Crippen LogP contribution in [0.5, 0.6) is 0 Å². The largest absolute Gasteiger partial charge is 0.329 e. The molecule has 0 bridgehead atoms. The zero-order chi connectivity index (χ0) is 13.0. The van der Waals surface area contributed by atoms with Gasteiger partial charge in [-0.2, -0.15) is 0 Å². The van der Waals surface area contributed by atoms with Crippen LogP contribution < -0.4 is 11.1 Å². The first kappa shape index (κ1) is 12.9. The zero-order valence-electron chi connectivity index (χ0n) is 9.81. The molecule has 0 aliphatic heterocycles. The number of nitrogens with two attached hydrogens (primary N) is 1. The second-order valence-electron chi connectivity index (χ2n) is 4.04. The van der Waals surface area contributed by atoms with Gasteiger partial charge in [-0.3, -0.25) is 4.98 Å². The van der Waals surface area contributed by atoms with Gasteiger partial charge in [-0.15, -0.1) is 0 Å². The first-order valence-corrected chi connectivity index (χ1v) is 5.76. The first-order valence-electron chi connectivity index (χ1n) is 5.76. The van der Waals surface area contributed by atoms with Crippen molar-refractivity contribution in [2.24, 2.45) is 5.73 Å². The number of benzene rings is 1. The summed E-state index contributed by atoms with van der Waals surface area (Å²) < 4.78 is 24.5. The van der Waals surface area contributed by atoms with Crippen LogP contribution in [0.2, 0.25) is 0 Å². The van der Waals surface area contributed by atoms with E-state index in [1.165, 1.54) is 0 Å². The Bertz CT molecular complexity index is 511. The van der Waals surface area contributed by atoms with Gasteiger partial charge < -0.3 is 11.1 Å². The summed E-state index contributed by atoms with van der Waals surface area (Å²) in [6, 6.07) is 7.40. The van der Waals surface area contributed by atoms with Crippen LogP contribution >= 0.6 is 0 Å². The Hall–Kier alpha value is -1.59. The Morgan fingerprint density at radius 3 is 2.72 bits per heavy atom. The number of halogens is 2. The molecule has 1 heterocycles. The van der Waals surface area contributed by atoms with Crippen molar-refractivity contribution in [2.75, 3.05) is 13.1 Å². The van der Waals surface area contributed by atoms with Gasteiger partial charge in [0.05, 0.1) is 6.54 Å². The Balaban J connectivity index is 2.32. The van der Waals surface area contributed by atoms with E-state index in [0.717, 1.165) is 16.3 Å². The second kappa shape index (κ2) is 5.84. The highest BCUT2D eigenvalue weighted by atomic mass is 19.3. The lowest BCUT2D eigenvalue weighted by molar-refractivity contribution is 0.141. The van der Waals surface area contributed by atoms with Crippen molar-refractivity contribution in [2.45, 2.75) is 12.5 Å². The third-order valence-electron chi connectivity index (χ3n) is 2.83. The number of fused-ring (bicyclic) bond motifs is 1. The van der Waals surface area contributed by atoms with Crippen molar-refractivity contribution in [3.63, 3.8) is 0 Å². The minimum Gasteiger partial charge on any atom is -0.329 e. The highest BCUT2D eigenvalue weighted by Gasteiger charge is 2.14. The number of hydrogen-bond acceptors (Lipinski definition) is 3. The highest BCUT2D eigenvalue weighted by molar-refractivity contribution is 5.85.